The zero-order valence-electron chi connectivity index (χ0n) is 15.6. The highest BCUT2D eigenvalue weighted by atomic mass is 19.1. The lowest BCUT2D eigenvalue weighted by molar-refractivity contribution is -0.343. The third-order valence-electron chi connectivity index (χ3n) is 6.23. The van der Waals surface area contributed by atoms with Gasteiger partial charge in [0.2, 0.25) is 11.8 Å². The molecule has 4 fully saturated rings. The van der Waals surface area contributed by atoms with Crippen LogP contribution in [0.25, 0.3) is 0 Å². The van der Waals surface area contributed by atoms with Crippen molar-refractivity contribution in [2.24, 2.45) is 5.41 Å². The molecule has 0 aromatic heterocycles. The number of nitrogens with zero attached hydrogens (tertiary/aromatic N) is 1. The zero-order chi connectivity index (χ0) is 19.4. The first-order valence-electron chi connectivity index (χ1n) is 9.89. The first-order valence-corrected chi connectivity index (χ1v) is 9.89. The summed E-state index contributed by atoms with van der Waals surface area (Å²) < 4.78 is 26.3. The molecule has 1 atom stereocenters. The van der Waals surface area contributed by atoms with E-state index < -0.39 is 11.8 Å². The molecule has 1 aliphatic carbocycles. The van der Waals surface area contributed by atoms with E-state index in [-0.39, 0.29) is 29.5 Å². The van der Waals surface area contributed by atoms with Crippen LogP contribution in [0.4, 0.5) is 15.8 Å². The molecule has 1 aromatic carbocycles. The van der Waals surface area contributed by atoms with Crippen molar-refractivity contribution in [1.29, 1.82) is 0 Å². The van der Waals surface area contributed by atoms with Gasteiger partial charge < -0.3 is 19.7 Å². The fourth-order valence-electron chi connectivity index (χ4n) is 4.95. The molecule has 2 spiro atoms. The number of imide groups is 1. The zero-order valence-corrected chi connectivity index (χ0v) is 15.6. The monoisotopic (exact) mass is 389 g/mol. The standard InChI is InChI=1S/C20H24FN3O4/c21-14-8-13(22-15-3-5-17(25)23-18(15)26)2-4-16(14)24-11-19(12-24)9-20(10-19)27-6-1-7-28-20/h2,4,8,15,22H,1,3,5-7,9-12H2,(H,23,25,26). The van der Waals surface area contributed by atoms with Crippen molar-refractivity contribution < 1.29 is 23.5 Å². The van der Waals surface area contributed by atoms with Crippen LogP contribution < -0.4 is 15.5 Å². The van der Waals surface area contributed by atoms with E-state index in [2.05, 4.69) is 10.6 Å². The summed E-state index contributed by atoms with van der Waals surface area (Å²) in [4.78, 5) is 25.1. The Morgan fingerprint density at radius 2 is 1.93 bits per heavy atom. The molecule has 28 heavy (non-hydrogen) atoms. The summed E-state index contributed by atoms with van der Waals surface area (Å²) in [5.74, 6) is -1.33. The van der Waals surface area contributed by atoms with E-state index in [1.54, 1.807) is 12.1 Å². The van der Waals surface area contributed by atoms with E-state index in [9.17, 15) is 14.0 Å². The SMILES string of the molecule is O=C1CCC(Nc2ccc(N3CC4(C3)CC3(C4)OCCCO3)c(F)c2)C(=O)N1. The Hall–Kier alpha value is -2.19. The summed E-state index contributed by atoms with van der Waals surface area (Å²) in [6.07, 6.45) is 3.41. The third-order valence-corrected chi connectivity index (χ3v) is 6.23. The highest BCUT2D eigenvalue weighted by Crippen LogP contribution is 2.57. The van der Waals surface area contributed by atoms with Crippen LogP contribution in [0.1, 0.15) is 32.1 Å². The number of carbonyl (C=O) groups is 2. The minimum atomic E-state index is -0.517. The number of hydrogen-bond donors (Lipinski definition) is 2. The molecule has 4 aliphatic rings. The van der Waals surface area contributed by atoms with E-state index in [0.717, 1.165) is 45.6 Å². The number of nitrogens with one attached hydrogen (secondary N) is 2. The lowest BCUT2D eigenvalue weighted by Gasteiger charge is -2.64. The molecule has 8 heteroatoms. The number of rotatable bonds is 3. The van der Waals surface area contributed by atoms with Gasteiger partial charge in [-0.25, -0.2) is 4.39 Å². The van der Waals surface area contributed by atoms with Crippen LogP contribution >= 0.6 is 0 Å². The van der Waals surface area contributed by atoms with E-state index >= 15 is 0 Å². The maximum atomic E-state index is 14.7. The van der Waals surface area contributed by atoms with Crippen LogP contribution in [-0.2, 0) is 19.1 Å². The van der Waals surface area contributed by atoms with Crippen LogP contribution in [0.5, 0.6) is 0 Å². The van der Waals surface area contributed by atoms with Gasteiger partial charge in [0.15, 0.2) is 5.79 Å². The van der Waals surface area contributed by atoms with E-state index in [1.165, 1.54) is 6.07 Å². The van der Waals surface area contributed by atoms with Gasteiger partial charge in [0, 0.05) is 43.5 Å². The summed E-state index contributed by atoms with van der Waals surface area (Å²) in [7, 11) is 0. The van der Waals surface area contributed by atoms with Crippen LogP contribution in [0, 0.1) is 11.2 Å². The molecular weight excluding hydrogens is 365 g/mol. The molecule has 150 valence electrons. The molecule has 0 radical (unpaired) electrons. The minimum Gasteiger partial charge on any atom is -0.374 e. The molecule has 3 saturated heterocycles. The Morgan fingerprint density at radius 1 is 1.18 bits per heavy atom. The molecule has 3 aliphatic heterocycles. The Morgan fingerprint density at radius 3 is 2.61 bits per heavy atom. The largest absolute Gasteiger partial charge is 0.374 e. The second-order valence-electron chi connectivity index (χ2n) is 8.48. The summed E-state index contributed by atoms with van der Waals surface area (Å²) in [5, 5.41) is 5.31. The van der Waals surface area contributed by atoms with Gasteiger partial charge in [0.1, 0.15) is 11.9 Å². The van der Waals surface area contributed by atoms with Crippen molar-refractivity contribution in [2.75, 3.05) is 36.5 Å². The Balaban J connectivity index is 1.19. The second-order valence-corrected chi connectivity index (χ2v) is 8.48. The number of anilines is 2. The quantitative estimate of drug-likeness (QED) is 0.768. The lowest BCUT2D eigenvalue weighted by atomic mass is 9.59. The molecule has 3 heterocycles. The van der Waals surface area contributed by atoms with Crippen molar-refractivity contribution in [1.82, 2.24) is 5.32 Å². The van der Waals surface area contributed by atoms with Crippen molar-refractivity contribution in [2.45, 2.75) is 43.9 Å². The highest BCUT2D eigenvalue weighted by Gasteiger charge is 2.62. The molecule has 0 bridgehead atoms. The van der Waals surface area contributed by atoms with Crippen molar-refractivity contribution in [3.05, 3.63) is 24.0 Å². The van der Waals surface area contributed by atoms with E-state index in [1.807, 2.05) is 4.90 Å². The summed E-state index contributed by atoms with van der Waals surface area (Å²) in [5.41, 5.74) is 1.29. The maximum absolute atomic E-state index is 14.7. The van der Waals surface area contributed by atoms with Crippen molar-refractivity contribution in [3.8, 4) is 0 Å². The summed E-state index contributed by atoms with van der Waals surface area (Å²) in [6, 6.07) is 4.43. The van der Waals surface area contributed by atoms with E-state index in [4.69, 9.17) is 9.47 Å². The Bertz CT molecular complexity index is 808. The molecule has 2 N–H and O–H groups in total. The van der Waals surface area contributed by atoms with Gasteiger partial charge in [-0.3, -0.25) is 14.9 Å². The highest BCUT2D eigenvalue weighted by molar-refractivity contribution is 6.01. The number of ether oxygens (including phenoxy) is 2. The van der Waals surface area contributed by atoms with Gasteiger partial charge in [-0.2, -0.15) is 0 Å². The van der Waals surface area contributed by atoms with Gasteiger partial charge >= 0.3 is 0 Å². The fraction of sp³-hybridized carbons (Fsp3) is 0.600. The first kappa shape index (κ1) is 17.9. The Labute approximate surface area is 162 Å². The molecular formula is C20H24FN3O4. The molecule has 7 nitrogen and oxygen atoms in total. The van der Waals surface area contributed by atoms with Crippen LogP contribution in [-0.4, -0.2) is 49.9 Å². The molecule has 1 aromatic rings. The average molecular weight is 389 g/mol. The molecule has 5 rings (SSSR count). The van der Waals surface area contributed by atoms with Gasteiger partial charge in [0.05, 0.1) is 18.9 Å². The van der Waals surface area contributed by atoms with Crippen LogP contribution in [0.15, 0.2) is 18.2 Å². The topological polar surface area (TPSA) is 79.9 Å². The first-order chi connectivity index (χ1) is 13.5. The second kappa shape index (κ2) is 6.42. The Kier molecular flexibility index (Phi) is 4.10. The minimum absolute atomic E-state index is 0.174. The number of amides is 2. The summed E-state index contributed by atoms with van der Waals surface area (Å²) in [6.45, 7) is 3.13. The van der Waals surface area contributed by atoms with Crippen molar-refractivity contribution in [3.63, 3.8) is 0 Å². The van der Waals surface area contributed by atoms with Gasteiger partial charge in [-0.05, 0) is 31.0 Å². The third kappa shape index (κ3) is 3.04. The maximum Gasteiger partial charge on any atom is 0.249 e. The number of hydrogen-bond acceptors (Lipinski definition) is 6. The number of piperidine rings is 1. The van der Waals surface area contributed by atoms with Crippen LogP contribution in [0.2, 0.25) is 0 Å². The normalized spacial score (nSPS) is 27.9. The summed E-state index contributed by atoms with van der Waals surface area (Å²) >= 11 is 0. The fourth-order valence-corrected chi connectivity index (χ4v) is 4.95. The smallest absolute Gasteiger partial charge is 0.249 e. The van der Waals surface area contributed by atoms with Crippen LogP contribution in [0.3, 0.4) is 0 Å². The van der Waals surface area contributed by atoms with Gasteiger partial charge in [-0.1, -0.05) is 0 Å². The van der Waals surface area contributed by atoms with Gasteiger partial charge in [-0.15, -0.1) is 0 Å². The van der Waals surface area contributed by atoms with Crippen molar-refractivity contribution >= 4 is 23.2 Å². The molecule has 1 unspecified atom stereocenters. The average Bonchev–Trinajstić information content (AvgIpc) is 2.61. The lowest BCUT2D eigenvalue weighted by Crippen LogP contribution is -2.70. The number of halogens is 1. The molecule has 1 saturated carbocycles. The number of carbonyl (C=O) groups excluding carboxylic acids is 2. The predicted molar refractivity (Wildman–Crippen MR) is 99.3 cm³/mol. The molecule has 2 amide bonds. The van der Waals surface area contributed by atoms with E-state index in [0.29, 0.717) is 17.8 Å². The predicted octanol–water partition coefficient (Wildman–Crippen LogP) is 1.78. The van der Waals surface area contributed by atoms with Gasteiger partial charge in [0.25, 0.3) is 0 Å². The number of benzene rings is 1.